The van der Waals surface area contributed by atoms with Crippen LogP contribution in [0.4, 0.5) is 0 Å². The normalized spacial score (nSPS) is 24.4. The molecule has 0 bridgehead atoms. The van der Waals surface area contributed by atoms with E-state index in [0.717, 1.165) is 17.7 Å². The number of nitrogens with two attached hydrogens (primary N) is 1. The number of piperazine rings is 1. The maximum atomic E-state index is 13.0. The highest BCUT2D eigenvalue weighted by Crippen LogP contribution is 2.26. The van der Waals surface area contributed by atoms with Crippen molar-refractivity contribution in [2.24, 2.45) is 5.73 Å². The summed E-state index contributed by atoms with van der Waals surface area (Å²) >= 11 is 0. The van der Waals surface area contributed by atoms with Gasteiger partial charge < -0.3 is 20.5 Å². The highest BCUT2D eigenvalue weighted by Gasteiger charge is 2.43. The predicted molar refractivity (Wildman–Crippen MR) is 105 cm³/mol. The molecule has 0 spiro atoms. The van der Waals surface area contributed by atoms with Crippen LogP contribution in [0, 0.1) is 0 Å². The summed E-state index contributed by atoms with van der Waals surface area (Å²) in [4.78, 5) is 29.9. The van der Waals surface area contributed by atoms with Gasteiger partial charge in [0.05, 0.1) is 13.7 Å². The first kappa shape index (κ1) is 20.6. The van der Waals surface area contributed by atoms with Gasteiger partial charge in [0.15, 0.2) is 5.60 Å². The van der Waals surface area contributed by atoms with E-state index in [2.05, 4.69) is 4.90 Å². The fourth-order valence-electron chi connectivity index (χ4n) is 4.05. The molecular formula is C20H30N4O4. The molecule has 3 N–H and O–H groups in total. The van der Waals surface area contributed by atoms with Crippen LogP contribution in [0.1, 0.15) is 18.4 Å². The second kappa shape index (κ2) is 8.89. The molecule has 154 valence electrons. The van der Waals surface area contributed by atoms with Crippen LogP contribution in [0.15, 0.2) is 24.3 Å². The van der Waals surface area contributed by atoms with Crippen molar-refractivity contribution in [1.29, 1.82) is 0 Å². The Balaban J connectivity index is 1.58. The third kappa shape index (κ3) is 5.01. The topological polar surface area (TPSA) is 99.3 Å². The molecule has 0 saturated carbocycles. The molecule has 2 aliphatic heterocycles. The number of benzene rings is 1. The Bertz CT molecular complexity index is 705. The lowest BCUT2D eigenvalue weighted by Gasteiger charge is -2.43. The smallest absolute Gasteiger partial charge is 0.256 e. The quantitative estimate of drug-likeness (QED) is 0.660. The van der Waals surface area contributed by atoms with Gasteiger partial charge in [-0.2, -0.15) is 0 Å². The Kier molecular flexibility index (Phi) is 6.53. The minimum Gasteiger partial charge on any atom is -0.497 e. The highest BCUT2D eigenvalue weighted by molar-refractivity contribution is 5.86. The van der Waals surface area contributed by atoms with Crippen LogP contribution in [0.3, 0.4) is 0 Å². The van der Waals surface area contributed by atoms with Crippen LogP contribution >= 0.6 is 0 Å². The minimum absolute atomic E-state index is 0.207. The molecule has 0 radical (unpaired) electrons. The number of rotatable bonds is 7. The third-order valence-corrected chi connectivity index (χ3v) is 5.54. The van der Waals surface area contributed by atoms with Crippen LogP contribution < -0.4 is 10.5 Å². The lowest BCUT2D eigenvalue weighted by Crippen LogP contribution is -2.60. The summed E-state index contributed by atoms with van der Waals surface area (Å²) in [6.45, 7) is 4.52. The summed E-state index contributed by atoms with van der Waals surface area (Å²) in [7, 11) is 1.62. The van der Waals surface area contributed by atoms with Gasteiger partial charge in [0.25, 0.3) is 5.91 Å². The van der Waals surface area contributed by atoms with Crippen molar-refractivity contribution < 1.29 is 19.4 Å². The van der Waals surface area contributed by atoms with E-state index in [0.29, 0.717) is 52.2 Å². The maximum Gasteiger partial charge on any atom is 0.256 e. The molecule has 0 aromatic heterocycles. The number of β-amino-alcohol motifs (C(OH)–C–C–N with tert-alkyl or cyclic N) is 1. The van der Waals surface area contributed by atoms with E-state index in [1.807, 2.05) is 29.2 Å². The molecule has 1 aromatic rings. The Morgan fingerprint density at radius 2 is 1.93 bits per heavy atom. The average molecular weight is 390 g/mol. The zero-order chi connectivity index (χ0) is 20.1. The number of methoxy groups -OCH3 is 1. The molecule has 28 heavy (non-hydrogen) atoms. The Morgan fingerprint density at radius 3 is 2.61 bits per heavy atom. The fraction of sp³-hybridized carbons (Fsp3) is 0.600. The van der Waals surface area contributed by atoms with E-state index in [9.17, 15) is 14.7 Å². The SMILES string of the molecule is COc1cccc(CN2CCC[C@](O)(CN3CCN(CC(N)=O)CC3)C2=O)c1. The van der Waals surface area contributed by atoms with Gasteiger partial charge in [-0.25, -0.2) is 0 Å². The van der Waals surface area contributed by atoms with Gasteiger partial charge in [-0.15, -0.1) is 0 Å². The van der Waals surface area contributed by atoms with Crippen LogP contribution in [-0.4, -0.2) is 90.1 Å². The molecule has 8 nitrogen and oxygen atoms in total. The lowest BCUT2D eigenvalue weighted by atomic mass is 9.90. The summed E-state index contributed by atoms with van der Waals surface area (Å²) in [6.07, 6.45) is 1.25. The van der Waals surface area contributed by atoms with E-state index in [4.69, 9.17) is 10.5 Å². The van der Waals surface area contributed by atoms with Crippen LogP contribution in [0.2, 0.25) is 0 Å². The lowest BCUT2D eigenvalue weighted by molar-refractivity contribution is -0.160. The van der Waals surface area contributed by atoms with Gasteiger partial charge in [0.2, 0.25) is 5.91 Å². The molecule has 0 aliphatic carbocycles. The number of carbonyl (C=O) groups is 2. The molecule has 1 atom stereocenters. The summed E-state index contributed by atoms with van der Waals surface area (Å²) in [6, 6.07) is 7.65. The second-order valence-electron chi connectivity index (χ2n) is 7.73. The second-order valence-corrected chi connectivity index (χ2v) is 7.73. The highest BCUT2D eigenvalue weighted by atomic mass is 16.5. The number of aliphatic hydroxyl groups is 1. The Hall–Kier alpha value is -2.16. The van der Waals surface area contributed by atoms with Crippen LogP contribution in [-0.2, 0) is 16.1 Å². The van der Waals surface area contributed by atoms with Gasteiger partial charge in [-0.3, -0.25) is 19.4 Å². The molecule has 8 heteroatoms. The van der Waals surface area contributed by atoms with E-state index >= 15 is 0 Å². The van der Waals surface area contributed by atoms with Crippen molar-refractivity contribution in [3.8, 4) is 5.75 Å². The fourth-order valence-corrected chi connectivity index (χ4v) is 4.05. The van der Waals surface area contributed by atoms with Crippen molar-refractivity contribution in [3.05, 3.63) is 29.8 Å². The number of likely N-dealkylation sites (tertiary alicyclic amines) is 1. The van der Waals surface area contributed by atoms with Gasteiger partial charge in [-0.1, -0.05) is 12.1 Å². The van der Waals surface area contributed by atoms with Crippen molar-refractivity contribution in [3.63, 3.8) is 0 Å². The Morgan fingerprint density at radius 1 is 1.21 bits per heavy atom. The summed E-state index contributed by atoms with van der Waals surface area (Å²) in [5.74, 6) is 0.218. The van der Waals surface area contributed by atoms with Crippen molar-refractivity contribution >= 4 is 11.8 Å². The van der Waals surface area contributed by atoms with E-state index < -0.39 is 5.60 Å². The number of amides is 2. The van der Waals surface area contributed by atoms with Gasteiger partial charge >= 0.3 is 0 Å². The molecule has 2 saturated heterocycles. The van der Waals surface area contributed by atoms with E-state index in [1.165, 1.54) is 0 Å². The van der Waals surface area contributed by atoms with Gasteiger partial charge in [-0.05, 0) is 30.5 Å². The summed E-state index contributed by atoms with van der Waals surface area (Å²) in [5.41, 5.74) is 4.88. The zero-order valence-electron chi connectivity index (χ0n) is 16.5. The minimum atomic E-state index is -1.36. The van der Waals surface area contributed by atoms with Gasteiger partial charge in [0, 0.05) is 45.8 Å². The average Bonchev–Trinajstić information content (AvgIpc) is 2.67. The molecular weight excluding hydrogens is 360 g/mol. The molecule has 2 amide bonds. The number of ether oxygens (including phenoxy) is 1. The van der Waals surface area contributed by atoms with E-state index in [1.54, 1.807) is 12.0 Å². The summed E-state index contributed by atoms with van der Waals surface area (Å²) in [5, 5.41) is 11.1. The summed E-state index contributed by atoms with van der Waals surface area (Å²) < 4.78 is 5.25. The number of carbonyl (C=O) groups excluding carboxylic acids is 2. The number of primary amides is 1. The van der Waals surface area contributed by atoms with Crippen molar-refractivity contribution in [2.45, 2.75) is 25.0 Å². The first-order valence-corrected chi connectivity index (χ1v) is 9.77. The zero-order valence-corrected chi connectivity index (χ0v) is 16.5. The Labute approximate surface area is 165 Å². The van der Waals surface area contributed by atoms with Crippen LogP contribution in [0.25, 0.3) is 0 Å². The predicted octanol–water partition coefficient (Wildman–Crippen LogP) is -0.348. The number of piperidine rings is 1. The monoisotopic (exact) mass is 390 g/mol. The maximum absolute atomic E-state index is 13.0. The van der Waals surface area contributed by atoms with Crippen molar-refractivity contribution in [2.75, 3.05) is 52.9 Å². The van der Waals surface area contributed by atoms with Crippen molar-refractivity contribution in [1.82, 2.24) is 14.7 Å². The number of hydrogen-bond donors (Lipinski definition) is 2. The standard InChI is InChI=1S/C20H30N4O4/c1-28-17-5-2-4-16(12-17)13-24-7-3-6-20(27,19(24)26)15-23-10-8-22(9-11-23)14-18(21)25/h2,4-5,12,27H,3,6-11,13-15H2,1H3,(H2,21,25)/t20-/m0/s1. The first-order valence-electron chi connectivity index (χ1n) is 9.77. The molecule has 2 fully saturated rings. The molecule has 1 aromatic carbocycles. The number of nitrogens with zero attached hydrogens (tertiary/aromatic N) is 3. The molecule has 0 unspecified atom stereocenters. The molecule has 2 aliphatic rings. The largest absolute Gasteiger partial charge is 0.497 e. The third-order valence-electron chi connectivity index (χ3n) is 5.54. The van der Waals surface area contributed by atoms with Gasteiger partial charge in [0.1, 0.15) is 5.75 Å². The first-order chi connectivity index (χ1) is 13.4. The van der Waals surface area contributed by atoms with E-state index in [-0.39, 0.29) is 18.4 Å². The molecule has 3 rings (SSSR count). The van der Waals surface area contributed by atoms with Crippen LogP contribution in [0.5, 0.6) is 5.75 Å². The molecule has 2 heterocycles. The number of hydrogen-bond acceptors (Lipinski definition) is 6.